The smallest absolute Gasteiger partial charge is 0.344 e. The van der Waals surface area contributed by atoms with Crippen LogP contribution in [0.2, 0.25) is 5.02 Å². The van der Waals surface area contributed by atoms with Gasteiger partial charge in [0.2, 0.25) is 11.6 Å². The first-order valence-corrected chi connectivity index (χ1v) is 12.4. The Kier molecular flexibility index (Phi) is 6.89. The van der Waals surface area contributed by atoms with Crippen molar-refractivity contribution in [3.63, 3.8) is 0 Å². The fourth-order valence-corrected chi connectivity index (χ4v) is 4.53. The maximum atomic E-state index is 13.4. The SMILES string of the molecule is C[C@H](Oc1c(Br)cc(C=Nn2c(-c3cc4cc(Cl)ccc4o3)nc3ccccc3c2=O)cc1[N+](=O)[O-])C(=O)O. The molecule has 0 aliphatic rings. The van der Waals surface area contributed by atoms with Gasteiger partial charge in [-0.15, -0.1) is 0 Å². The first kappa shape index (κ1) is 26.1. The molecule has 5 rings (SSSR count). The number of carboxylic acids is 1. The number of carboxylic acid groups (broad SMARTS) is 1. The Morgan fingerprint density at radius 1 is 1.26 bits per heavy atom. The second-order valence-electron chi connectivity index (χ2n) is 8.31. The summed E-state index contributed by atoms with van der Waals surface area (Å²) in [7, 11) is 0. The Morgan fingerprint density at radius 2 is 2.03 bits per heavy atom. The molecule has 3 aromatic carbocycles. The van der Waals surface area contributed by atoms with Gasteiger partial charge in [-0.05, 0) is 65.3 Å². The minimum atomic E-state index is -1.33. The maximum absolute atomic E-state index is 13.4. The van der Waals surface area contributed by atoms with Crippen molar-refractivity contribution in [3.8, 4) is 17.3 Å². The molecule has 0 radical (unpaired) electrons. The maximum Gasteiger partial charge on any atom is 0.344 e. The Labute approximate surface area is 232 Å². The number of fused-ring (bicyclic) bond motifs is 2. The lowest BCUT2D eigenvalue weighted by atomic mass is 10.2. The summed E-state index contributed by atoms with van der Waals surface area (Å²) in [4.78, 5) is 40.2. The molecule has 0 spiro atoms. The summed E-state index contributed by atoms with van der Waals surface area (Å²) in [6.45, 7) is 1.25. The lowest BCUT2D eigenvalue weighted by molar-refractivity contribution is -0.386. The fourth-order valence-electron chi connectivity index (χ4n) is 3.79. The van der Waals surface area contributed by atoms with E-state index in [2.05, 4.69) is 26.0 Å². The van der Waals surface area contributed by atoms with E-state index in [1.54, 1.807) is 48.5 Å². The van der Waals surface area contributed by atoms with Gasteiger partial charge in [-0.2, -0.15) is 9.78 Å². The number of nitro benzene ring substituents is 1. The lowest BCUT2D eigenvalue weighted by Gasteiger charge is -2.12. The number of rotatable bonds is 7. The van der Waals surface area contributed by atoms with Crippen molar-refractivity contribution in [2.45, 2.75) is 13.0 Å². The molecule has 39 heavy (non-hydrogen) atoms. The topological polar surface area (TPSA) is 150 Å². The van der Waals surface area contributed by atoms with Gasteiger partial charge in [0.15, 0.2) is 11.9 Å². The molecule has 0 amide bonds. The predicted molar refractivity (Wildman–Crippen MR) is 148 cm³/mol. The summed E-state index contributed by atoms with van der Waals surface area (Å²) in [6, 6.07) is 16.1. The molecule has 5 aromatic rings. The molecule has 0 saturated heterocycles. The number of furan rings is 1. The van der Waals surface area contributed by atoms with Crippen LogP contribution in [0.15, 0.2) is 79.4 Å². The normalized spacial score (nSPS) is 12.3. The van der Waals surface area contributed by atoms with E-state index >= 15 is 0 Å². The number of carbonyl (C=O) groups is 1. The van der Waals surface area contributed by atoms with Gasteiger partial charge in [0, 0.05) is 22.0 Å². The van der Waals surface area contributed by atoms with Gasteiger partial charge < -0.3 is 14.3 Å². The molecule has 0 aliphatic heterocycles. The molecule has 1 N–H and O–H groups in total. The van der Waals surface area contributed by atoms with Crippen molar-refractivity contribution >= 4 is 67.3 Å². The Balaban J connectivity index is 1.65. The molecule has 0 unspecified atom stereocenters. The van der Waals surface area contributed by atoms with E-state index < -0.39 is 28.2 Å². The van der Waals surface area contributed by atoms with Gasteiger partial charge in [-0.3, -0.25) is 14.9 Å². The van der Waals surface area contributed by atoms with Crippen LogP contribution in [0.4, 0.5) is 5.69 Å². The second-order valence-corrected chi connectivity index (χ2v) is 9.60. The molecule has 13 heteroatoms. The van der Waals surface area contributed by atoms with Crippen LogP contribution in [0.1, 0.15) is 12.5 Å². The minimum absolute atomic E-state index is 0.103. The highest BCUT2D eigenvalue weighted by Gasteiger charge is 2.24. The van der Waals surface area contributed by atoms with Crippen LogP contribution in [-0.2, 0) is 4.79 Å². The van der Waals surface area contributed by atoms with E-state index in [1.165, 1.54) is 19.2 Å². The van der Waals surface area contributed by atoms with E-state index in [4.69, 9.17) is 25.9 Å². The summed E-state index contributed by atoms with van der Waals surface area (Å²) >= 11 is 9.31. The number of para-hydroxylation sites is 1. The number of nitrogens with zero attached hydrogens (tertiary/aromatic N) is 4. The molecular weight excluding hydrogens is 596 g/mol. The number of halogens is 2. The van der Waals surface area contributed by atoms with Gasteiger partial charge >= 0.3 is 11.7 Å². The summed E-state index contributed by atoms with van der Waals surface area (Å²) < 4.78 is 12.4. The molecule has 2 aromatic heterocycles. The number of nitro groups is 1. The van der Waals surface area contributed by atoms with E-state index in [1.807, 2.05) is 0 Å². The second kappa shape index (κ2) is 10.3. The van der Waals surface area contributed by atoms with Crippen LogP contribution < -0.4 is 10.3 Å². The van der Waals surface area contributed by atoms with Crippen LogP contribution in [0, 0.1) is 10.1 Å². The van der Waals surface area contributed by atoms with Crippen molar-refractivity contribution in [1.82, 2.24) is 9.66 Å². The van der Waals surface area contributed by atoms with Gasteiger partial charge in [0.25, 0.3) is 5.56 Å². The zero-order chi connectivity index (χ0) is 27.8. The van der Waals surface area contributed by atoms with Crippen LogP contribution in [-0.4, -0.2) is 38.0 Å². The number of aromatic nitrogens is 2. The highest BCUT2D eigenvalue weighted by Crippen LogP contribution is 2.37. The fraction of sp³-hybridized carbons (Fsp3) is 0.0769. The van der Waals surface area contributed by atoms with Crippen molar-refractivity contribution in [2.75, 3.05) is 0 Å². The molecule has 1 atom stereocenters. The third-order valence-corrected chi connectivity index (χ3v) is 6.48. The average molecular weight is 612 g/mol. The number of ether oxygens (including phenoxy) is 1. The number of hydrogen-bond acceptors (Lipinski definition) is 8. The van der Waals surface area contributed by atoms with Crippen LogP contribution in [0.5, 0.6) is 5.75 Å². The Morgan fingerprint density at radius 3 is 2.77 bits per heavy atom. The van der Waals surface area contributed by atoms with Crippen LogP contribution in [0.3, 0.4) is 0 Å². The van der Waals surface area contributed by atoms with Crippen molar-refractivity contribution in [2.24, 2.45) is 5.10 Å². The molecule has 0 bridgehead atoms. The third kappa shape index (κ3) is 5.11. The van der Waals surface area contributed by atoms with E-state index in [-0.39, 0.29) is 27.4 Å². The summed E-state index contributed by atoms with van der Waals surface area (Å²) in [6.07, 6.45) is -0.0914. The Hall–Kier alpha value is -4.55. The van der Waals surface area contributed by atoms with Crippen molar-refractivity contribution in [1.29, 1.82) is 0 Å². The summed E-state index contributed by atoms with van der Waals surface area (Å²) in [5.74, 6) is -1.18. The first-order chi connectivity index (χ1) is 18.6. The molecule has 196 valence electrons. The highest BCUT2D eigenvalue weighted by atomic mass is 79.9. The minimum Gasteiger partial charge on any atom is -0.479 e. The average Bonchev–Trinajstić information content (AvgIpc) is 3.32. The van der Waals surface area contributed by atoms with Crippen molar-refractivity contribution in [3.05, 3.63) is 96.2 Å². The van der Waals surface area contributed by atoms with Gasteiger partial charge in [0.05, 0.1) is 26.5 Å². The quantitative estimate of drug-likeness (QED) is 0.136. The lowest BCUT2D eigenvalue weighted by Crippen LogP contribution is -2.23. The monoisotopic (exact) mass is 610 g/mol. The first-order valence-electron chi connectivity index (χ1n) is 11.3. The molecule has 11 nitrogen and oxygen atoms in total. The van der Waals surface area contributed by atoms with Crippen LogP contribution in [0.25, 0.3) is 33.5 Å². The largest absolute Gasteiger partial charge is 0.479 e. The molecule has 2 heterocycles. The van der Waals surface area contributed by atoms with E-state index in [0.717, 1.165) is 10.7 Å². The number of hydrogen-bond donors (Lipinski definition) is 1. The van der Waals surface area contributed by atoms with E-state index in [0.29, 0.717) is 26.9 Å². The Bertz CT molecular complexity index is 1880. The van der Waals surface area contributed by atoms with Crippen LogP contribution >= 0.6 is 27.5 Å². The van der Waals surface area contributed by atoms with Gasteiger partial charge in [-0.1, -0.05) is 23.7 Å². The number of aliphatic carboxylic acids is 1. The third-order valence-electron chi connectivity index (χ3n) is 5.66. The molecule has 0 saturated carbocycles. The van der Waals surface area contributed by atoms with E-state index in [9.17, 15) is 19.7 Å². The molecule has 0 fully saturated rings. The van der Waals surface area contributed by atoms with Gasteiger partial charge in [-0.25, -0.2) is 9.78 Å². The highest BCUT2D eigenvalue weighted by molar-refractivity contribution is 9.10. The van der Waals surface area contributed by atoms with Gasteiger partial charge in [0.1, 0.15) is 5.58 Å². The standard InChI is InChI=1S/C26H16BrClN4O7/c1-13(26(34)35)38-23-18(27)8-14(9-20(23)32(36)37)12-29-31-24(30-19-5-3-2-4-17(19)25(31)33)22-11-15-10-16(28)6-7-21(15)39-22/h2-13H,1H3,(H,34,35)/t13-/m0/s1. The predicted octanol–water partition coefficient (Wildman–Crippen LogP) is 5.87. The number of benzene rings is 3. The zero-order valence-corrected chi connectivity index (χ0v) is 22.2. The summed E-state index contributed by atoms with van der Waals surface area (Å²) in [5, 5.41) is 26.7. The molecular formula is C26H16BrClN4O7. The summed E-state index contributed by atoms with van der Waals surface area (Å²) in [5.41, 5.74) is 0.200. The molecule has 0 aliphatic carbocycles. The van der Waals surface area contributed by atoms with Crippen molar-refractivity contribution < 1.29 is 24.0 Å². The zero-order valence-electron chi connectivity index (χ0n) is 19.9.